The van der Waals surface area contributed by atoms with E-state index in [1.807, 2.05) is 0 Å². The number of halogens is 2. The Kier molecular flexibility index (Phi) is 3.36. The average Bonchev–Trinajstić information content (AvgIpc) is 2.48. The van der Waals surface area contributed by atoms with Gasteiger partial charge < -0.3 is 4.98 Å². The van der Waals surface area contributed by atoms with Gasteiger partial charge in [0.25, 0.3) is 0 Å². The Morgan fingerprint density at radius 2 is 1.52 bits per heavy atom. The second kappa shape index (κ2) is 5.32. The van der Waals surface area contributed by atoms with E-state index in [0.717, 1.165) is 0 Å². The van der Waals surface area contributed by atoms with Gasteiger partial charge in [-0.3, -0.25) is 4.79 Å². The van der Waals surface area contributed by atoms with Gasteiger partial charge in [0.2, 0.25) is 5.56 Å². The van der Waals surface area contributed by atoms with Gasteiger partial charge in [-0.2, -0.15) is 0 Å². The van der Waals surface area contributed by atoms with Gasteiger partial charge in [-0.05, 0) is 41.5 Å². The molecular formula is C17H11F2NO. The number of hydrogen-bond acceptors (Lipinski definition) is 1. The number of benzene rings is 2. The molecule has 1 aromatic heterocycles. The van der Waals surface area contributed by atoms with Crippen LogP contribution >= 0.6 is 0 Å². The molecule has 0 radical (unpaired) electrons. The van der Waals surface area contributed by atoms with Crippen molar-refractivity contribution in [3.63, 3.8) is 0 Å². The summed E-state index contributed by atoms with van der Waals surface area (Å²) in [7, 11) is 0. The zero-order chi connectivity index (χ0) is 14.8. The largest absolute Gasteiger partial charge is 0.322 e. The molecule has 3 rings (SSSR count). The molecule has 104 valence electrons. The molecule has 0 aliphatic rings. The molecule has 2 nitrogen and oxygen atoms in total. The van der Waals surface area contributed by atoms with E-state index in [-0.39, 0.29) is 11.4 Å². The van der Waals surface area contributed by atoms with Gasteiger partial charge in [0.1, 0.15) is 11.6 Å². The normalized spacial score (nSPS) is 10.6. The van der Waals surface area contributed by atoms with E-state index in [1.165, 1.54) is 24.3 Å². The molecule has 4 heteroatoms. The van der Waals surface area contributed by atoms with Gasteiger partial charge in [-0.1, -0.05) is 24.3 Å². The van der Waals surface area contributed by atoms with Gasteiger partial charge in [-0.15, -0.1) is 0 Å². The molecule has 2 aromatic carbocycles. The van der Waals surface area contributed by atoms with E-state index in [2.05, 4.69) is 4.98 Å². The molecule has 0 spiro atoms. The first kappa shape index (κ1) is 13.2. The minimum Gasteiger partial charge on any atom is -0.322 e. The lowest BCUT2D eigenvalue weighted by Crippen LogP contribution is -2.06. The molecule has 1 N–H and O–H groups in total. The maximum atomic E-state index is 13.8. The second-order valence-corrected chi connectivity index (χ2v) is 4.63. The summed E-state index contributed by atoms with van der Waals surface area (Å²) in [4.78, 5) is 14.4. The van der Waals surface area contributed by atoms with Crippen molar-refractivity contribution in [3.8, 4) is 22.4 Å². The van der Waals surface area contributed by atoms with Crippen LogP contribution < -0.4 is 5.56 Å². The molecule has 3 aromatic rings. The van der Waals surface area contributed by atoms with Crippen LogP contribution in [-0.4, -0.2) is 4.98 Å². The predicted octanol–water partition coefficient (Wildman–Crippen LogP) is 3.99. The van der Waals surface area contributed by atoms with E-state index in [4.69, 9.17) is 0 Å². The maximum absolute atomic E-state index is 13.8. The van der Waals surface area contributed by atoms with Crippen molar-refractivity contribution >= 4 is 0 Å². The molecule has 0 saturated heterocycles. The third-order valence-corrected chi connectivity index (χ3v) is 3.19. The first-order valence-electron chi connectivity index (χ1n) is 6.39. The van der Waals surface area contributed by atoms with Crippen LogP contribution in [0.2, 0.25) is 0 Å². The van der Waals surface area contributed by atoms with Gasteiger partial charge in [0, 0.05) is 11.6 Å². The molecule has 0 aliphatic heterocycles. The molecule has 0 unspecified atom stereocenters. The molecule has 21 heavy (non-hydrogen) atoms. The summed E-state index contributed by atoms with van der Waals surface area (Å²) in [6.45, 7) is 0. The summed E-state index contributed by atoms with van der Waals surface area (Å²) in [6, 6.07) is 15.1. The third kappa shape index (κ3) is 2.74. The lowest BCUT2D eigenvalue weighted by Gasteiger charge is -2.06. The first-order chi connectivity index (χ1) is 10.1. The summed E-state index contributed by atoms with van der Waals surface area (Å²) in [5.41, 5.74) is 1.67. The fourth-order valence-electron chi connectivity index (χ4n) is 2.18. The summed E-state index contributed by atoms with van der Waals surface area (Å²) in [5, 5.41) is 0. The van der Waals surface area contributed by atoms with Crippen LogP contribution in [0.5, 0.6) is 0 Å². The minimum absolute atomic E-state index is 0.318. The van der Waals surface area contributed by atoms with Gasteiger partial charge >= 0.3 is 0 Å². The minimum atomic E-state index is -0.413. The highest BCUT2D eigenvalue weighted by Gasteiger charge is 2.08. The van der Waals surface area contributed by atoms with Gasteiger partial charge in [0.05, 0.1) is 5.69 Å². The highest BCUT2D eigenvalue weighted by atomic mass is 19.1. The molecule has 0 fully saturated rings. The van der Waals surface area contributed by atoms with Crippen LogP contribution in [0.3, 0.4) is 0 Å². The standard InChI is InChI=1S/C17H11F2NO/c18-13-7-5-11(6-8-13)12-9-16(20-17(21)10-12)14-3-1-2-4-15(14)19/h1-10H,(H,20,21). The van der Waals surface area contributed by atoms with Crippen molar-refractivity contribution in [2.75, 3.05) is 0 Å². The van der Waals surface area contributed by atoms with E-state index in [9.17, 15) is 13.6 Å². The summed E-state index contributed by atoms with van der Waals surface area (Å²) >= 11 is 0. The van der Waals surface area contributed by atoms with Crippen LogP contribution in [0.15, 0.2) is 65.5 Å². The smallest absolute Gasteiger partial charge is 0.249 e. The van der Waals surface area contributed by atoms with Crippen LogP contribution in [0.1, 0.15) is 0 Å². The van der Waals surface area contributed by atoms with Crippen molar-refractivity contribution in [3.05, 3.63) is 82.7 Å². The highest BCUT2D eigenvalue weighted by Crippen LogP contribution is 2.25. The fraction of sp³-hybridized carbons (Fsp3) is 0. The zero-order valence-corrected chi connectivity index (χ0v) is 10.9. The van der Waals surface area contributed by atoms with E-state index in [0.29, 0.717) is 22.4 Å². The summed E-state index contributed by atoms with van der Waals surface area (Å²) in [6.07, 6.45) is 0. The van der Waals surface area contributed by atoms with Crippen molar-refractivity contribution in [1.82, 2.24) is 4.98 Å². The molecule has 0 aliphatic carbocycles. The highest BCUT2D eigenvalue weighted by molar-refractivity contribution is 5.70. The fourth-order valence-corrected chi connectivity index (χ4v) is 2.18. The first-order valence-corrected chi connectivity index (χ1v) is 6.39. The number of pyridine rings is 1. The number of aromatic amines is 1. The van der Waals surface area contributed by atoms with Gasteiger partial charge in [0.15, 0.2) is 0 Å². The zero-order valence-electron chi connectivity index (χ0n) is 10.9. The number of rotatable bonds is 2. The second-order valence-electron chi connectivity index (χ2n) is 4.63. The molecular weight excluding hydrogens is 272 g/mol. The Labute approximate surface area is 119 Å². The van der Waals surface area contributed by atoms with Crippen LogP contribution in [0, 0.1) is 11.6 Å². The number of nitrogens with one attached hydrogen (secondary N) is 1. The number of aromatic nitrogens is 1. The third-order valence-electron chi connectivity index (χ3n) is 3.19. The Morgan fingerprint density at radius 3 is 2.24 bits per heavy atom. The quantitative estimate of drug-likeness (QED) is 0.758. The molecule has 0 amide bonds. The monoisotopic (exact) mass is 283 g/mol. The Bertz CT molecular complexity index is 838. The lowest BCUT2D eigenvalue weighted by atomic mass is 10.0. The molecule has 0 saturated carbocycles. The van der Waals surface area contributed by atoms with Gasteiger partial charge in [-0.25, -0.2) is 8.78 Å². The van der Waals surface area contributed by atoms with Crippen molar-refractivity contribution in [2.24, 2.45) is 0 Å². The van der Waals surface area contributed by atoms with E-state index >= 15 is 0 Å². The predicted molar refractivity (Wildman–Crippen MR) is 77.9 cm³/mol. The molecule has 0 bridgehead atoms. The Hall–Kier alpha value is -2.75. The number of H-pyrrole nitrogens is 1. The van der Waals surface area contributed by atoms with Crippen LogP contribution in [0.4, 0.5) is 8.78 Å². The molecule has 1 heterocycles. The van der Waals surface area contributed by atoms with E-state index in [1.54, 1.807) is 36.4 Å². The average molecular weight is 283 g/mol. The summed E-state index contributed by atoms with van der Waals surface area (Å²) in [5.74, 6) is -0.762. The van der Waals surface area contributed by atoms with Crippen LogP contribution in [0.25, 0.3) is 22.4 Å². The lowest BCUT2D eigenvalue weighted by molar-refractivity contribution is 0.628. The number of hydrogen-bond donors (Lipinski definition) is 1. The van der Waals surface area contributed by atoms with E-state index < -0.39 is 5.82 Å². The van der Waals surface area contributed by atoms with Crippen molar-refractivity contribution < 1.29 is 8.78 Å². The Morgan fingerprint density at radius 1 is 0.810 bits per heavy atom. The van der Waals surface area contributed by atoms with Crippen molar-refractivity contribution in [1.29, 1.82) is 0 Å². The maximum Gasteiger partial charge on any atom is 0.249 e. The SMILES string of the molecule is O=c1cc(-c2ccc(F)cc2)cc(-c2ccccc2F)[nH]1. The topological polar surface area (TPSA) is 32.9 Å². The van der Waals surface area contributed by atoms with Crippen LogP contribution in [-0.2, 0) is 0 Å². The van der Waals surface area contributed by atoms with Crippen molar-refractivity contribution in [2.45, 2.75) is 0 Å². The molecule has 0 atom stereocenters. The Balaban J connectivity index is 2.15. The summed E-state index contributed by atoms with van der Waals surface area (Å²) < 4.78 is 26.8.